The van der Waals surface area contributed by atoms with E-state index in [-0.39, 0.29) is 19.3 Å². The molecule has 0 aliphatic heterocycles. The quantitative estimate of drug-likeness (QED) is 0.0380. The zero-order valence-electron chi connectivity index (χ0n) is 27.9. The van der Waals surface area contributed by atoms with E-state index in [1.807, 2.05) is 0 Å². The number of aliphatic carboxylic acids is 3. The van der Waals surface area contributed by atoms with Crippen LogP contribution in [0.25, 0.3) is 0 Å². The first-order valence-electron chi connectivity index (χ1n) is 18.0. The number of hydrogen-bond acceptors (Lipinski definition) is 3. The van der Waals surface area contributed by atoms with Gasteiger partial charge in [-0.15, -0.1) is 0 Å². The van der Waals surface area contributed by atoms with Crippen LogP contribution < -0.4 is 0 Å². The summed E-state index contributed by atoms with van der Waals surface area (Å²) in [5.41, 5.74) is 0. The van der Waals surface area contributed by atoms with Crippen LogP contribution in [0, 0.1) is 0 Å². The molecule has 0 unspecified atom stereocenters. The van der Waals surface area contributed by atoms with Gasteiger partial charge in [-0.1, -0.05) is 115 Å². The van der Waals surface area contributed by atoms with Gasteiger partial charge in [0, 0.05) is 19.3 Å². The number of carboxylic acids is 3. The minimum Gasteiger partial charge on any atom is -0.481 e. The Morgan fingerprint density at radius 2 is 0.698 bits per heavy atom. The van der Waals surface area contributed by atoms with Crippen LogP contribution in [0.5, 0.6) is 0 Å². The molecule has 0 heterocycles. The maximum Gasteiger partial charge on any atom is 0.303 e. The summed E-state index contributed by atoms with van der Waals surface area (Å²) in [5, 5.41) is 27.3. The molecule has 0 radical (unpaired) electrons. The van der Waals surface area contributed by atoms with E-state index >= 15 is 0 Å². The van der Waals surface area contributed by atoms with Crippen molar-refractivity contribution in [3.8, 4) is 0 Å². The summed E-state index contributed by atoms with van der Waals surface area (Å²) in [5.74, 6) is -2.47. The average molecular weight is 611 g/mol. The third-order valence-electron chi connectivity index (χ3n) is 8.71. The number of unbranched alkanes of at least 4 members (excludes halogenated alkanes) is 18. The number of allylic oxidation sites excluding steroid dienone is 2. The van der Waals surface area contributed by atoms with Crippen molar-refractivity contribution in [1.82, 2.24) is 0 Å². The molecule has 0 saturated carbocycles. The Hall–Kier alpha value is -1.89. The van der Waals surface area contributed by atoms with Gasteiger partial charge in [0.2, 0.25) is 0 Å². The number of rotatable bonds is 34. The Labute approximate surface area is 264 Å². The fourth-order valence-electron chi connectivity index (χ4n) is 6.11. The molecular weight excluding hydrogens is 542 g/mol. The van der Waals surface area contributed by atoms with Gasteiger partial charge in [0.15, 0.2) is 0 Å². The molecule has 0 aromatic carbocycles. The highest BCUT2D eigenvalue weighted by Gasteiger charge is 2.27. The molecule has 0 fully saturated rings. The summed E-state index contributed by atoms with van der Waals surface area (Å²) in [7, 11) is 0. The smallest absolute Gasteiger partial charge is 0.303 e. The van der Waals surface area contributed by atoms with Gasteiger partial charge in [0.1, 0.15) is 0 Å². The molecule has 0 spiro atoms. The molecule has 0 aliphatic rings. The van der Waals surface area contributed by atoms with Crippen LogP contribution in [0.1, 0.15) is 174 Å². The first-order chi connectivity index (χ1) is 20.8. The Morgan fingerprint density at radius 1 is 0.419 bits per heavy atom. The third-order valence-corrected chi connectivity index (χ3v) is 8.71. The largest absolute Gasteiger partial charge is 0.481 e. The van der Waals surface area contributed by atoms with Gasteiger partial charge in [-0.3, -0.25) is 14.4 Å². The van der Waals surface area contributed by atoms with Crippen LogP contribution in [0.15, 0.2) is 12.2 Å². The van der Waals surface area contributed by atoms with Gasteiger partial charge < -0.3 is 19.8 Å². The summed E-state index contributed by atoms with van der Waals surface area (Å²) in [6, 6.07) is 0. The second-order valence-electron chi connectivity index (χ2n) is 12.8. The number of nitrogens with zero attached hydrogens (tertiary/aromatic N) is 1. The van der Waals surface area contributed by atoms with Gasteiger partial charge in [-0.25, -0.2) is 0 Å². The Bertz CT molecular complexity index is 658. The molecule has 7 heteroatoms. The third kappa shape index (κ3) is 29.9. The SMILES string of the molecule is CCCC/C=C/CCCCCCCCCCCCCCCCCC[N+](CCCC(=O)O)(CCCC(=O)O)CCCC(=O)O. The van der Waals surface area contributed by atoms with Crippen molar-refractivity contribution in [3.63, 3.8) is 0 Å². The number of quaternary nitrogens is 1. The van der Waals surface area contributed by atoms with Crippen LogP contribution in [0.4, 0.5) is 0 Å². The van der Waals surface area contributed by atoms with E-state index < -0.39 is 17.9 Å². The molecular formula is C36H68NO6+. The number of hydrogen-bond donors (Lipinski definition) is 3. The molecule has 7 nitrogen and oxygen atoms in total. The summed E-state index contributed by atoms with van der Waals surface area (Å²) < 4.78 is 0.643. The van der Waals surface area contributed by atoms with E-state index in [9.17, 15) is 14.4 Å². The fraction of sp³-hybridized carbons (Fsp3) is 0.861. The molecule has 3 N–H and O–H groups in total. The molecule has 0 bridgehead atoms. The lowest BCUT2D eigenvalue weighted by molar-refractivity contribution is -0.929. The van der Waals surface area contributed by atoms with Crippen molar-refractivity contribution in [2.45, 2.75) is 174 Å². The normalized spacial score (nSPS) is 11.8. The second-order valence-corrected chi connectivity index (χ2v) is 12.8. The topological polar surface area (TPSA) is 112 Å². The maximum atomic E-state index is 11.1. The van der Waals surface area contributed by atoms with Crippen molar-refractivity contribution < 1.29 is 34.2 Å². The summed E-state index contributed by atoms with van der Waals surface area (Å²) in [4.78, 5) is 33.3. The van der Waals surface area contributed by atoms with Gasteiger partial charge in [0.05, 0.1) is 45.4 Å². The molecule has 0 amide bonds. The zero-order valence-corrected chi connectivity index (χ0v) is 27.9. The van der Waals surface area contributed by atoms with Crippen molar-refractivity contribution >= 4 is 17.9 Å². The van der Waals surface area contributed by atoms with Crippen LogP contribution in [-0.2, 0) is 14.4 Å². The Morgan fingerprint density at radius 3 is 1.02 bits per heavy atom. The van der Waals surface area contributed by atoms with E-state index in [1.165, 1.54) is 116 Å². The van der Waals surface area contributed by atoms with E-state index in [0.29, 0.717) is 43.4 Å². The van der Waals surface area contributed by atoms with E-state index in [4.69, 9.17) is 15.3 Å². The highest BCUT2D eigenvalue weighted by Crippen LogP contribution is 2.19. The van der Waals surface area contributed by atoms with E-state index in [2.05, 4.69) is 19.1 Å². The van der Waals surface area contributed by atoms with E-state index in [1.54, 1.807) is 0 Å². The number of carbonyl (C=O) groups is 3. The van der Waals surface area contributed by atoms with Crippen molar-refractivity contribution in [2.24, 2.45) is 0 Å². The predicted molar refractivity (Wildman–Crippen MR) is 177 cm³/mol. The minimum atomic E-state index is -0.822. The molecule has 43 heavy (non-hydrogen) atoms. The first kappa shape index (κ1) is 41.1. The Kier molecular flexibility index (Phi) is 28.8. The minimum absolute atomic E-state index is 0.0926. The lowest BCUT2D eigenvalue weighted by Gasteiger charge is -2.39. The van der Waals surface area contributed by atoms with Crippen LogP contribution in [0.2, 0.25) is 0 Å². The molecule has 0 aliphatic carbocycles. The highest BCUT2D eigenvalue weighted by atomic mass is 16.4. The molecule has 0 aromatic heterocycles. The molecule has 0 aromatic rings. The molecule has 0 rings (SSSR count). The lowest BCUT2D eigenvalue weighted by Crippen LogP contribution is -2.51. The zero-order chi connectivity index (χ0) is 31.9. The van der Waals surface area contributed by atoms with Gasteiger partial charge in [-0.2, -0.15) is 0 Å². The first-order valence-corrected chi connectivity index (χ1v) is 18.0. The fourth-order valence-corrected chi connectivity index (χ4v) is 6.11. The van der Waals surface area contributed by atoms with Crippen LogP contribution in [0.3, 0.4) is 0 Å². The number of carboxylic acid groups (broad SMARTS) is 3. The predicted octanol–water partition coefficient (Wildman–Crippen LogP) is 9.78. The van der Waals surface area contributed by atoms with Gasteiger partial charge in [-0.05, 0) is 32.1 Å². The lowest BCUT2D eigenvalue weighted by atomic mass is 10.0. The maximum absolute atomic E-state index is 11.1. The molecule has 0 saturated heterocycles. The van der Waals surface area contributed by atoms with E-state index in [0.717, 1.165) is 19.4 Å². The van der Waals surface area contributed by atoms with Gasteiger partial charge in [0.25, 0.3) is 0 Å². The van der Waals surface area contributed by atoms with Crippen molar-refractivity contribution in [2.75, 3.05) is 26.2 Å². The van der Waals surface area contributed by atoms with Gasteiger partial charge >= 0.3 is 17.9 Å². The average Bonchev–Trinajstić information content (AvgIpc) is 2.95. The highest BCUT2D eigenvalue weighted by molar-refractivity contribution is 5.67. The van der Waals surface area contributed by atoms with Crippen LogP contribution >= 0.6 is 0 Å². The summed E-state index contributed by atoms with van der Waals surface area (Å²) in [6.45, 7) is 5.12. The molecule has 0 atom stereocenters. The standard InChI is InChI=1S/C36H67NO6/c1-2-3-4-5-6-7-8-9-10-11-12-13-14-15-16-17-18-19-20-21-22-23-30-37(31-24-27-34(38)39,32-25-28-35(40)41)33-26-29-36(42)43/h5-6H,2-4,7-33H2,1H3,(H2-,38,39,40,41,42,43)/p+1/b6-5+. The summed E-state index contributed by atoms with van der Waals surface area (Å²) >= 11 is 0. The monoisotopic (exact) mass is 611 g/mol. The Balaban J connectivity index is 3.97. The molecule has 252 valence electrons. The summed E-state index contributed by atoms with van der Waals surface area (Å²) in [6.07, 6.45) is 32.6. The van der Waals surface area contributed by atoms with Crippen LogP contribution in [-0.4, -0.2) is 63.9 Å². The van der Waals surface area contributed by atoms with Crippen molar-refractivity contribution in [3.05, 3.63) is 12.2 Å². The van der Waals surface area contributed by atoms with Crippen molar-refractivity contribution in [1.29, 1.82) is 0 Å². The second kappa shape index (κ2) is 30.1.